The van der Waals surface area contributed by atoms with E-state index in [1.807, 2.05) is 35.7 Å². The summed E-state index contributed by atoms with van der Waals surface area (Å²) in [6, 6.07) is 9.57. The second kappa shape index (κ2) is 4.61. The van der Waals surface area contributed by atoms with Crippen LogP contribution in [0.4, 0.5) is 0 Å². The van der Waals surface area contributed by atoms with Crippen molar-refractivity contribution in [3.05, 3.63) is 63.2 Å². The average molecular weight is 311 g/mol. The number of hydrogen-bond donors (Lipinski definition) is 1. The van der Waals surface area contributed by atoms with Gasteiger partial charge in [-0.15, -0.1) is 11.3 Å². The van der Waals surface area contributed by atoms with Crippen molar-refractivity contribution in [2.24, 2.45) is 0 Å². The molecular formula is C15H9N3OS2. The molecule has 0 radical (unpaired) electrons. The van der Waals surface area contributed by atoms with Crippen molar-refractivity contribution in [2.75, 3.05) is 0 Å². The Labute approximate surface area is 128 Å². The fourth-order valence-corrected chi connectivity index (χ4v) is 3.52. The number of thiophene rings is 1. The van der Waals surface area contributed by atoms with Gasteiger partial charge in [-0.05, 0) is 41.2 Å². The van der Waals surface area contributed by atoms with Crippen LogP contribution in [0.2, 0.25) is 0 Å². The van der Waals surface area contributed by atoms with Crippen LogP contribution in [0, 0.1) is 4.77 Å². The van der Waals surface area contributed by atoms with E-state index >= 15 is 0 Å². The quantitative estimate of drug-likeness (QED) is 0.546. The monoisotopic (exact) mass is 311 g/mol. The number of pyridine rings is 1. The standard InChI is InChI=1S/C15H9N3OS2/c19-14-13-11(5-7-21-13)17-15(20)18(14)12-3-1-2-9-4-6-16-8-10(9)12/h1-8H,(H,17,20). The predicted octanol–water partition coefficient (Wildman–Crippen LogP) is 3.66. The molecule has 0 saturated carbocycles. The molecule has 0 atom stereocenters. The third-order valence-electron chi connectivity index (χ3n) is 3.41. The summed E-state index contributed by atoms with van der Waals surface area (Å²) in [6.45, 7) is 0. The molecule has 0 bridgehead atoms. The Morgan fingerprint density at radius 1 is 1.24 bits per heavy atom. The zero-order valence-corrected chi connectivity index (χ0v) is 12.4. The molecule has 0 spiro atoms. The Kier molecular flexibility index (Phi) is 2.73. The lowest BCUT2D eigenvalue weighted by Crippen LogP contribution is -2.19. The van der Waals surface area contributed by atoms with Gasteiger partial charge in [0, 0.05) is 17.8 Å². The van der Waals surface area contributed by atoms with Crippen molar-refractivity contribution in [1.82, 2.24) is 14.5 Å². The summed E-state index contributed by atoms with van der Waals surface area (Å²) < 4.78 is 2.60. The lowest BCUT2D eigenvalue weighted by molar-refractivity contribution is 0.951. The van der Waals surface area contributed by atoms with Crippen LogP contribution < -0.4 is 5.56 Å². The Morgan fingerprint density at radius 3 is 3.05 bits per heavy atom. The van der Waals surface area contributed by atoms with Crippen molar-refractivity contribution < 1.29 is 0 Å². The van der Waals surface area contributed by atoms with Crippen molar-refractivity contribution in [3.8, 4) is 5.69 Å². The van der Waals surface area contributed by atoms with Crippen LogP contribution in [-0.2, 0) is 0 Å². The molecule has 4 rings (SSSR count). The SMILES string of the molecule is O=c1c2sccc2[nH]c(=S)n1-c1cccc2ccncc12. The molecule has 0 fully saturated rings. The van der Waals surface area contributed by atoms with Gasteiger partial charge in [0.15, 0.2) is 4.77 Å². The van der Waals surface area contributed by atoms with E-state index < -0.39 is 0 Å². The summed E-state index contributed by atoms with van der Waals surface area (Å²) in [7, 11) is 0. The molecule has 0 aliphatic carbocycles. The third-order valence-corrected chi connectivity index (χ3v) is 4.60. The first-order chi connectivity index (χ1) is 10.3. The van der Waals surface area contributed by atoms with Crippen LogP contribution in [0.3, 0.4) is 0 Å². The van der Waals surface area contributed by atoms with Gasteiger partial charge >= 0.3 is 0 Å². The van der Waals surface area contributed by atoms with Gasteiger partial charge in [-0.2, -0.15) is 0 Å². The van der Waals surface area contributed by atoms with E-state index in [-0.39, 0.29) is 5.56 Å². The molecule has 3 aromatic heterocycles. The highest BCUT2D eigenvalue weighted by atomic mass is 32.1. The van der Waals surface area contributed by atoms with Gasteiger partial charge < -0.3 is 4.98 Å². The summed E-state index contributed by atoms with van der Waals surface area (Å²) in [6.07, 6.45) is 3.49. The van der Waals surface area contributed by atoms with Crippen molar-refractivity contribution >= 4 is 44.5 Å². The van der Waals surface area contributed by atoms with Gasteiger partial charge in [-0.1, -0.05) is 12.1 Å². The fourth-order valence-electron chi connectivity index (χ4n) is 2.45. The number of benzene rings is 1. The number of H-pyrrole nitrogens is 1. The van der Waals surface area contributed by atoms with E-state index in [0.29, 0.717) is 9.47 Å². The molecule has 21 heavy (non-hydrogen) atoms. The summed E-state index contributed by atoms with van der Waals surface area (Å²) in [5.41, 5.74) is 1.44. The van der Waals surface area contributed by atoms with Gasteiger partial charge in [0.05, 0.1) is 11.2 Å². The number of hydrogen-bond acceptors (Lipinski definition) is 4. The second-order valence-corrected chi connectivity index (χ2v) is 5.91. The maximum Gasteiger partial charge on any atom is 0.276 e. The number of nitrogens with one attached hydrogen (secondary N) is 1. The molecule has 0 saturated heterocycles. The van der Waals surface area contributed by atoms with Gasteiger partial charge in [-0.25, -0.2) is 0 Å². The molecule has 0 aliphatic rings. The first-order valence-corrected chi connectivity index (χ1v) is 7.60. The fraction of sp³-hybridized carbons (Fsp3) is 0. The van der Waals surface area contributed by atoms with Gasteiger partial charge in [0.2, 0.25) is 0 Å². The van der Waals surface area contributed by atoms with E-state index in [2.05, 4.69) is 9.97 Å². The molecule has 4 aromatic rings. The molecule has 0 aliphatic heterocycles. The first-order valence-electron chi connectivity index (χ1n) is 6.31. The van der Waals surface area contributed by atoms with Crippen LogP contribution in [0.1, 0.15) is 0 Å². The molecule has 0 unspecified atom stereocenters. The molecule has 1 N–H and O–H groups in total. The highest BCUT2D eigenvalue weighted by Gasteiger charge is 2.11. The normalized spacial score (nSPS) is 11.2. The van der Waals surface area contributed by atoms with Crippen LogP contribution >= 0.6 is 23.6 Å². The molecule has 4 nitrogen and oxygen atoms in total. The maximum absolute atomic E-state index is 12.7. The van der Waals surface area contributed by atoms with Crippen molar-refractivity contribution in [3.63, 3.8) is 0 Å². The lowest BCUT2D eigenvalue weighted by atomic mass is 10.1. The number of rotatable bonds is 1. The molecule has 6 heteroatoms. The van der Waals surface area contributed by atoms with E-state index in [4.69, 9.17) is 12.2 Å². The number of nitrogens with zero attached hydrogens (tertiary/aromatic N) is 2. The van der Waals surface area contributed by atoms with Crippen molar-refractivity contribution in [2.45, 2.75) is 0 Å². The third kappa shape index (κ3) is 1.84. The Morgan fingerprint density at radius 2 is 2.14 bits per heavy atom. The Hall–Kier alpha value is -2.31. The Bertz CT molecular complexity index is 1090. The number of fused-ring (bicyclic) bond motifs is 2. The van der Waals surface area contributed by atoms with E-state index in [1.165, 1.54) is 15.9 Å². The maximum atomic E-state index is 12.7. The van der Waals surface area contributed by atoms with E-state index in [9.17, 15) is 4.79 Å². The largest absolute Gasteiger partial charge is 0.331 e. The van der Waals surface area contributed by atoms with E-state index in [1.54, 1.807) is 12.4 Å². The smallest absolute Gasteiger partial charge is 0.276 e. The summed E-state index contributed by atoms with van der Waals surface area (Å²) in [4.78, 5) is 20.0. The zero-order chi connectivity index (χ0) is 14.4. The molecule has 1 aromatic carbocycles. The minimum absolute atomic E-state index is 0.0971. The average Bonchev–Trinajstić information content (AvgIpc) is 2.96. The lowest BCUT2D eigenvalue weighted by Gasteiger charge is -2.09. The molecular weight excluding hydrogens is 302 g/mol. The predicted molar refractivity (Wildman–Crippen MR) is 87.9 cm³/mol. The van der Waals surface area contributed by atoms with Gasteiger partial charge in [-0.3, -0.25) is 14.3 Å². The Balaban J connectivity index is 2.19. The molecule has 0 amide bonds. The highest BCUT2D eigenvalue weighted by molar-refractivity contribution is 7.71. The van der Waals surface area contributed by atoms with Gasteiger partial charge in [0.1, 0.15) is 4.70 Å². The topological polar surface area (TPSA) is 50.7 Å². The summed E-state index contributed by atoms with van der Waals surface area (Å²) >= 11 is 6.78. The number of aromatic nitrogens is 3. The zero-order valence-electron chi connectivity index (χ0n) is 10.7. The molecule has 3 heterocycles. The summed E-state index contributed by atoms with van der Waals surface area (Å²) in [5, 5.41) is 3.80. The first kappa shape index (κ1) is 12.4. The van der Waals surface area contributed by atoms with Crippen molar-refractivity contribution in [1.29, 1.82) is 0 Å². The second-order valence-electron chi connectivity index (χ2n) is 4.61. The highest BCUT2D eigenvalue weighted by Crippen LogP contribution is 2.22. The van der Waals surface area contributed by atoms with Crippen LogP contribution in [-0.4, -0.2) is 14.5 Å². The number of aromatic amines is 1. The van der Waals surface area contributed by atoms with E-state index in [0.717, 1.165) is 22.0 Å². The van der Waals surface area contributed by atoms with Gasteiger partial charge in [0.25, 0.3) is 5.56 Å². The van der Waals surface area contributed by atoms with Crippen LogP contribution in [0.25, 0.3) is 26.7 Å². The molecule has 102 valence electrons. The summed E-state index contributed by atoms with van der Waals surface area (Å²) in [5.74, 6) is 0. The minimum Gasteiger partial charge on any atom is -0.331 e. The van der Waals surface area contributed by atoms with Crippen LogP contribution in [0.5, 0.6) is 0 Å². The van der Waals surface area contributed by atoms with Crippen LogP contribution in [0.15, 0.2) is 52.9 Å². The minimum atomic E-state index is -0.0971.